The Morgan fingerprint density at radius 2 is 2.08 bits per heavy atom. The maximum absolute atomic E-state index is 15.0. The van der Waals surface area contributed by atoms with E-state index in [9.17, 15) is 9.18 Å². The molecule has 1 aromatic carbocycles. The van der Waals surface area contributed by atoms with Crippen LogP contribution in [-0.4, -0.2) is 71.7 Å². The molecule has 1 aliphatic heterocycles. The van der Waals surface area contributed by atoms with Gasteiger partial charge in [0.05, 0.1) is 29.5 Å². The Morgan fingerprint density at radius 1 is 1.22 bits per heavy atom. The van der Waals surface area contributed by atoms with Gasteiger partial charge in [0.2, 0.25) is 0 Å². The van der Waals surface area contributed by atoms with Gasteiger partial charge in [0.25, 0.3) is 5.91 Å². The Hall–Kier alpha value is -3.74. The average Bonchev–Trinajstić information content (AvgIpc) is 3.63. The van der Waals surface area contributed by atoms with E-state index in [1.807, 2.05) is 17.7 Å². The molecule has 0 radical (unpaired) electrons. The lowest BCUT2D eigenvalue weighted by Gasteiger charge is -2.37. The minimum atomic E-state index is -0.365. The van der Waals surface area contributed by atoms with E-state index in [0.717, 1.165) is 16.9 Å². The van der Waals surface area contributed by atoms with Crippen LogP contribution in [0.1, 0.15) is 22.3 Å². The number of fused-ring (bicyclic) bond motifs is 1. The summed E-state index contributed by atoms with van der Waals surface area (Å²) in [6, 6.07) is 8.16. The number of H-pyrrole nitrogens is 1. The fraction of sp³-hybridized carbons (Fsp3) is 0.250. The number of likely N-dealkylation sites (N-methyl/N-ethyl adjacent to an activating group) is 1. The van der Waals surface area contributed by atoms with Crippen LogP contribution in [0.4, 0.5) is 4.39 Å². The van der Waals surface area contributed by atoms with E-state index < -0.39 is 0 Å². The van der Waals surface area contributed by atoms with Crippen LogP contribution in [0.2, 0.25) is 4.34 Å². The number of thiazole rings is 1. The maximum Gasteiger partial charge on any atom is 0.280 e. The first kappa shape index (κ1) is 23.6. The minimum absolute atomic E-state index is 0.120. The molecule has 1 saturated heterocycles. The molecule has 13 heteroatoms. The van der Waals surface area contributed by atoms with Gasteiger partial charge in [-0.15, -0.1) is 0 Å². The second-order valence-electron chi connectivity index (χ2n) is 8.92. The van der Waals surface area contributed by atoms with E-state index in [1.165, 1.54) is 18.6 Å². The van der Waals surface area contributed by atoms with E-state index >= 15 is 0 Å². The van der Waals surface area contributed by atoms with Crippen molar-refractivity contribution < 1.29 is 9.18 Å². The Bertz CT molecular complexity index is 1580. The first-order valence-electron chi connectivity index (χ1n) is 11.6. The Kier molecular flexibility index (Phi) is 6.14. The number of hydrogen-bond donors (Lipinski definition) is 2. The molecule has 0 unspecified atom stereocenters. The van der Waals surface area contributed by atoms with Crippen LogP contribution in [0.25, 0.3) is 33.9 Å². The van der Waals surface area contributed by atoms with Crippen LogP contribution >= 0.6 is 22.9 Å². The molecule has 0 aliphatic carbocycles. The van der Waals surface area contributed by atoms with Crippen molar-refractivity contribution in [2.45, 2.75) is 18.5 Å². The number of nitrogens with one attached hydrogen (secondary N) is 2. The number of nitrogens with zero attached hydrogens (tertiary/aromatic N) is 7. The molecule has 2 atom stereocenters. The van der Waals surface area contributed by atoms with Crippen LogP contribution in [0, 0.1) is 5.82 Å². The van der Waals surface area contributed by atoms with Crippen LogP contribution in [-0.2, 0) is 0 Å². The molecule has 1 aliphatic rings. The number of likely N-dealkylation sites (tertiary alicyclic amines) is 1. The zero-order valence-corrected chi connectivity index (χ0v) is 21.2. The third-order valence-electron chi connectivity index (χ3n) is 6.32. The van der Waals surface area contributed by atoms with Gasteiger partial charge in [-0.05, 0) is 31.7 Å². The van der Waals surface area contributed by atoms with Crippen LogP contribution in [0.3, 0.4) is 0 Å². The van der Waals surface area contributed by atoms with Gasteiger partial charge >= 0.3 is 0 Å². The third-order valence-corrected chi connectivity index (χ3v) is 7.43. The largest absolute Gasteiger partial charge is 0.346 e. The van der Waals surface area contributed by atoms with Gasteiger partial charge in [0.15, 0.2) is 10.8 Å². The highest BCUT2D eigenvalue weighted by molar-refractivity contribution is 7.17. The highest BCUT2D eigenvalue weighted by Crippen LogP contribution is 2.34. The second kappa shape index (κ2) is 9.61. The van der Waals surface area contributed by atoms with Crippen LogP contribution in [0.15, 0.2) is 49.1 Å². The molecule has 1 amide bonds. The number of halogens is 2. The maximum atomic E-state index is 15.0. The summed E-state index contributed by atoms with van der Waals surface area (Å²) in [6.45, 7) is 1.34. The SMILES string of the molecule is CN1C[C@H](NC(=O)c2ncc(Cl)s2)C[C@H](n2c(-c3ccccc3F)nc3cnc(-c4nc[nH]n4)cc32)C1. The Balaban J connectivity index is 1.42. The van der Waals surface area contributed by atoms with E-state index in [-0.39, 0.29) is 23.8 Å². The van der Waals surface area contributed by atoms with Crippen molar-refractivity contribution in [3.05, 3.63) is 64.2 Å². The van der Waals surface area contributed by atoms with Crippen LogP contribution in [0.5, 0.6) is 0 Å². The quantitative estimate of drug-likeness (QED) is 0.350. The fourth-order valence-corrected chi connectivity index (χ4v) is 5.66. The predicted molar refractivity (Wildman–Crippen MR) is 138 cm³/mol. The van der Waals surface area contributed by atoms with E-state index in [4.69, 9.17) is 16.6 Å². The fourth-order valence-electron chi connectivity index (χ4n) is 4.84. The number of benzene rings is 1. The Morgan fingerprint density at radius 3 is 2.84 bits per heavy atom. The van der Waals surface area contributed by atoms with Crippen LogP contribution < -0.4 is 5.32 Å². The predicted octanol–water partition coefficient (Wildman–Crippen LogP) is 3.81. The smallest absolute Gasteiger partial charge is 0.280 e. The number of piperidine rings is 1. The van der Waals surface area contributed by atoms with E-state index in [1.54, 1.807) is 24.4 Å². The van der Waals surface area contributed by atoms with Crippen molar-refractivity contribution >= 4 is 39.9 Å². The molecule has 188 valence electrons. The highest BCUT2D eigenvalue weighted by Gasteiger charge is 2.32. The Labute approximate surface area is 219 Å². The van der Waals surface area contributed by atoms with Gasteiger partial charge < -0.3 is 14.8 Å². The molecule has 4 aromatic heterocycles. The number of aromatic nitrogens is 7. The standard InChI is InChI=1S/C24H21ClFN9OS/c1-34-10-13(31-23(36)24-28-9-20(25)37-24)6-14(11-34)35-19-7-17(21-29-12-30-33-21)27-8-18(19)32-22(35)15-4-2-3-5-16(15)26/h2-5,7-9,12-14H,6,10-11H2,1H3,(H,31,36)(H,29,30,33)/t13-,14+/m1/s1. The summed E-state index contributed by atoms with van der Waals surface area (Å²) in [5.74, 6) is 0.321. The number of carbonyl (C=O) groups is 1. The molecule has 1 fully saturated rings. The summed E-state index contributed by atoms with van der Waals surface area (Å²) in [7, 11) is 1.99. The molecule has 5 aromatic rings. The third kappa shape index (κ3) is 4.59. The lowest BCUT2D eigenvalue weighted by Crippen LogP contribution is -2.50. The molecule has 0 spiro atoms. The van der Waals surface area contributed by atoms with Gasteiger partial charge in [0.1, 0.15) is 33.5 Å². The second-order valence-corrected chi connectivity index (χ2v) is 10.6. The molecule has 37 heavy (non-hydrogen) atoms. The van der Waals surface area contributed by atoms with Crippen molar-refractivity contribution in [1.29, 1.82) is 0 Å². The van der Waals surface area contributed by atoms with Crippen molar-refractivity contribution in [1.82, 2.24) is 44.9 Å². The summed E-state index contributed by atoms with van der Waals surface area (Å²) < 4.78 is 17.5. The average molecular weight is 538 g/mol. The summed E-state index contributed by atoms with van der Waals surface area (Å²) in [6.07, 6.45) is 5.22. The number of imidazole rings is 1. The van der Waals surface area contributed by atoms with Gasteiger partial charge in [-0.3, -0.25) is 14.9 Å². The molecule has 0 saturated carbocycles. The molecule has 2 N–H and O–H groups in total. The number of amides is 1. The number of rotatable bonds is 5. The molecule has 0 bridgehead atoms. The highest BCUT2D eigenvalue weighted by atomic mass is 35.5. The van der Waals surface area contributed by atoms with Crippen molar-refractivity contribution in [2.24, 2.45) is 0 Å². The lowest BCUT2D eigenvalue weighted by atomic mass is 10.00. The van der Waals surface area contributed by atoms with Gasteiger partial charge in [-0.2, -0.15) is 5.10 Å². The topological polar surface area (TPSA) is 118 Å². The van der Waals surface area contributed by atoms with Crippen molar-refractivity contribution in [3.8, 4) is 22.9 Å². The molecular formula is C24H21ClFN9OS. The van der Waals surface area contributed by atoms with E-state index in [2.05, 4.69) is 35.4 Å². The minimum Gasteiger partial charge on any atom is -0.346 e. The number of carbonyl (C=O) groups excluding carboxylic acids is 1. The zero-order chi connectivity index (χ0) is 25.5. The molecule has 6 rings (SSSR count). The lowest BCUT2D eigenvalue weighted by molar-refractivity contribution is 0.0893. The zero-order valence-electron chi connectivity index (χ0n) is 19.6. The summed E-state index contributed by atoms with van der Waals surface area (Å²) in [5, 5.41) is 10.3. The molecule has 5 heterocycles. The monoisotopic (exact) mass is 537 g/mol. The van der Waals surface area contributed by atoms with Crippen molar-refractivity contribution in [2.75, 3.05) is 20.1 Å². The van der Waals surface area contributed by atoms with Crippen molar-refractivity contribution in [3.63, 3.8) is 0 Å². The normalized spacial score (nSPS) is 18.4. The number of pyridine rings is 1. The van der Waals surface area contributed by atoms with Gasteiger partial charge in [-0.25, -0.2) is 19.3 Å². The number of aromatic amines is 1. The first-order chi connectivity index (χ1) is 18.0. The summed E-state index contributed by atoms with van der Waals surface area (Å²) in [4.78, 5) is 32.5. The number of hydrogen-bond acceptors (Lipinski definition) is 8. The van der Waals surface area contributed by atoms with Gasteiger partial charge in [-0.1, -0.05) is 35.1 Å². The first-order valence-corrected chi connectivity index (χ1v) is 12.8. The molecular weight excluding hydrogens is 517 g/mol. The van der Waals surface area contributed by atoms with E-state index in [0.29, 0.717) is 57.3 Å². The summed E-state index contributed by atoms with van der Waals surface area (Å²) in [5.41, 5.74) is 2.38. The molecule has 10 nitrogen and oxygen atoms in total. The van der Waals surface area contributed by atoms with Gasteiger partial charge in [0, 0.05) is 19.1 Å². The summed E-state index contributed by atoms with van der Waals surface area (Å²) >= 11 is 7.10.